The summed E-state index contributed by atoms with van der Waals surface area (Å²) in [5.74, 6) is 0. The van der Waals surface area contributed by atoms with Crippen molar-refractivity contribution in [3.05, 3.63) is 102 Å². The largest absolute Gasteiger partial charge is 0.308 e. The van der Waals surface area contributed by atoms with Gasteiger partial charge in [-0.05, 0) is 35.6 Å². The minimum atomic E-state index is -3.72. The topological polar surface area (TPSA) is 58.2 Å². The van der Waals surface area contributed by atoms with Gasteiger partial charge in [0.1, 0.15) is 0 Å². The van der Waals surface area contributed by atoms with E-state index < -0.39 is 16.1 Å². The Hall–Kier alpha value is -2.47. The minimum absolute atomic E-state index is 0.0457. The molecule has 0 saturated heterocycles. The number of aryl methyl sites for hydroxylation is 1. The Labute approximate surface area is 186 Å². The lowest BCUT2D eigenvalue weighted by Gasteiger charge is -2.32. The molecule has 31 heavy (non-hydrogen) atoms. The van der Waals surface area contributed by atoms with Crippen molar-refractivity contribution in [3.8, 4) is 0 Å². The summed E-state index contributed by atoms with van der Waals surface area (Å²) in [7, 11) is -3.72. The van der Waals surface area contributed by atoms with Crippen LogP contribution in [0.1, 0.15) is 49.5 Å². The number of rotatable bonds is 8. The lowest BCUT2D eigenvalue weighted by molar-refractivity contribution is 0.325. The molecule has 0 saturated carbocycles. The van der Waals surface area contributed by atoms with Crippen molar-refractivity contribution >= 4 is 10.0 Å². The van der Waals surface area contributed by atoms with E-state index in [9.17, 15) is 8.42 Å². The van der Waals surface area contributed by atoms with Gasteiger partial charge < -0.3 is 5.32 Å². The summed E-state index contributed by atoms with van der Waals surface area (Å²) >= 11 is 0. The molecule has 3 aromatic carbocycles. The molecule has 0 aliphatic carbocycles. The smallest absolute Gasteiger partial charge is 0.241 e. The van der Waals surface area contributed by atoms with Gasteiger partial charge in [-0.15, -0.1) is 0 Å². The van der Waals surface area contributed by atoms with E-state index in [4.69, 9.17) is 0 Å². The molecular weight excluding hydrogens is 404 g/mol. The SMILES string of the molecule is Cc1ccc(S(=O)(=O)N[C@H](c2ccccc2)[C@H](NCC(C)(C)C)c2ccccc2)cc1. The Morgan fingerprint density at radius 1 is 0.742 bits per heavy atom. The van der Waals surface area contributed by atoms with Gasteiger partial charge in [0.05, 0.1) is 17.0 Å². The van der Waals surface area contributed by atoms with Gasteiger partial charge in [0.25, 0.3) is 0 Å². The number of nitrogens with one attached hydrogen (secondary N) is 2. The average Bonchev–Trinajstić information content (AvgIpc) is 2.74. The Morgan fingerprint density at radius 2 is 1.23 bits per heavy atom. The van der Waals surface area contributed by atoms with Gasteiger partial charge in [-0.1, -0.05) is 99.1 Å². The van der Waals surface area contributed by atoms with Gasteiger partial charge in [0.2, 0.25) is 10.0 Å². The lowest BCUT2D eigenvalue weighted by Crippen LogP contribution is -2.41. The molecule has 2 N–H and O–H groups in total. The summed E-state index contributed by atoms with van der Waals surface area (Å²) in [5.41, 5.74) is 3.01. The highest BCUT2D eigenvalue weighted by Gasteiger charge is 2.30. The third kappa shape index (κ3) is 6.50. The normalized spacial score (nSPS) is 14.2. The maximum atomic E-state index is 13.3. The van der Waals surface area contributed by atoms with Crippen molar-refractivity contribution in [2.24, 2.45) is 5.41 Å². The predicted octanol–water partition coefficient (Wildman–Crippen LogP) is 5.39. The summed E-state index contributed by atoms with van der Waals surface area (Å²) in [6.07, 6.45) is 0. The van der Waals surface area contributed by atoms with Crippen LogP contribution in [0.25, 0.3) is 0 Å². The van der Waals surface area contributed by atoms with Crippen LogP contribution in [0, 0.1) is 12.3 Å². The maximum absolute atomic E-state index is 13.3. The van der Waals surface area contributed by atoms with Gasteiger partial charge in [-0.3, -0.25) is 0 Å². The highest BCUT2D eigenvalue weighted by atomic mass is 32.2. The Bertz CT molecular complexity index is 1060. The van der Waals surface area contributed by atoms with Crippen LogP contribution in [0.2, 0.25) is 0 Å². The van der Waals surface area contributed by atoms with E-state index in [1.165, 1.54) is 0 Å². The molecule has 0 aromatic heterocycles. The van der Waals surface area contributed by atoms with E-state index in [2.05, 4.69) is 30.8 Å². The fraction of sp³-hybridized carbons (Fsp3) is 0.308. The predicted molar refractivity (Wildman–Crippen MR) is 127 cm³/mol. The van der Waals surface area contributed by atoms with Crippen LogP contribution in [-0.2, 0) is 10.0 Å². The van der Waals surface area contributed by atoms with Crippen LogP contribution in [0.3, 0.4) is 0 Å². The molecule has 0 radical (unpaired) electrons. The molecule has 164 valence electrons. The van der Waals surface area contributed by atoms with Gasteiger partial charge in [0.15, 0.2) is 0 Å². The molecule has 0 aliphatic rings. The molecular formula is C26H32N2O2S. The van der Waals surface area contributed by atoms with Crippen LogP contribution in [-0.4, -0.2) is 15.0 Å². The maximum Gasteiger partial charge on any atom is 0.241 e. The van der Waals surface area contributed by atoms with Crippen molar-refractivity contribution in [1.82, 2.24) is 10.0 Å². The van der Waals surface area contributed by atoms with Crippen LogP contribution in [0.5, 0.6) is 0 Å². The first-order valence-electron chi connectivity index (χ1n) is 10.6. The van der Waals surface area contributed by atoms with E-state index in [1.807, 2.05) is 79.7 Å². The van der Waals surface area contributed by atoms with Gasteiger partial charge in [0, 0.05) is 6.54 Å². The van der Waals surface area contributed by atoms with E-state index in [-0.39, 0.29) is 16.4 Å². The van der Waals surface area contributed by atoms with Crippen LogP contribution in [0.15, 0.2) is 89.8 Å². The first-order valence-corrected chi connectivity index (χ1v) is 12.1. The molecule has 0 spiro atoms. The first-order chi connectivity index (χ1) is 14.7. The molecule has 0 aliphatic heterocycles. The van der Waals surface area contributed by atoms with Crippen LogP contribution in [0.4, 0.5) is 0 Å². The number of benzene rings is 3. The fourth-order valence-electron chi connectivity index (χ4n) is 3.45. The quantitative estimate of drug-likeness (QED) is 0.498. The second-order valence-corrected chi connectivity index (χ2v) is 10.9. The van der Waals surface area contributed by atoms with Gasteiger partial charge >= 0.3 is 0 Å². The molecule has 4 nitrogen and oxygen atoms in total. The van der Waals surface area contributed by atoms with E-state index in [0.717, 1.165) is 23.2 Å². The molecule has 3 aromatic rings. The van der Waals surface area contributed by atoms with E-state index in [1.54, 1.807) is 12.1 Å². The molecule has 0 unspecified atom stereocenters. The van der Waals surface area contributed by atoms with Crippen molar-refractivity contribution in [1.29, 1.82) is 0 Å². The molecule has 2 atom stereocenters. The van der Waals surface area contributed by atoms with Crippen molar-refractivity contribution in [2.45, 2.75) is 44.7 Å². The molecule has 0 bridgehead atoms. The number of hydrogen-bond acceptors (Lipinski definition) is 3. The molecule has 0 amide bonds. The second kappa shape index (κ2) is 9.77. The standard InChI is InChI=1S/C26H32N2O2S/c1-20-15-17-23(18-16-20)31(29,30)28-25(22-13-9-6-10-14-22)24(27-19-26(2,3)4)21-11-7-5-8-12-21/h5-18,24-25,27-28H,19H2,1-4H3/t24-,25-/m1/s1. The Kier molecular flexibility index (Phi) is 7.31. The summed E-state index contributed by atoms with van der Waals surface area (Å²) in [4.78, 5) is 0.265. The molecule has 0 fully saturated rings. The zero-order valence-electron chi connectivity index (χ0n) is 18.7. The summed E-state index contributed by atoms with van der Waals surface area (Å²) < 4.78 is 29.6. The Morgan fingerprint density at radius 3 is 1.71 bits per heavy atom. The third-order valence-corrected chi connectivity index (χ3v) is 6.57. The summed E-state index contributed by atoms with van der Waals surface area (Å²) in [6, 6.07) is 26.0. The highest BCUT2D eigenvalue weighted by Crippen LogP contribution is 2.31. The number of sulfonamides is 1. The monoisotopic (exact) mass is 436 g/mol. The van der Waals surface area contributed by atoms with Crippen LogP contribution < -0.4 is 10.0 Å². The summed E-state index contributed by atoms with van der Waals surface area (Å²) in [5, 5.41) is 3.63. The third-order valence-electron chi connectivity index (χ3n) is 5.12. The Balaban J connectivity index is 2.04. The van der Waals surface area contributed by atoms with Crippen molar-refractivity contribution in [2.75, 3.05) is 6.54 Å². The molecule has 0 heterocycles. The van der Waals surface area contributed by atoms with Gasteiger partial charge in [-0.25, -0.2) is 13.1 Å². The first kappa shape index (κ1) is 23.2. The zero-order chi connectivity index (χ0) is 22.5. The van der Waals surface area contributed by atoms with E-state index in [0.29, 0.717) is 0 Å². The highest BCUT2D eigenvalue weighted by molar-refractivity contribution is 7.89. The fourth-order valence-corrected chi connectivity index (χ4v) is 4.68. The van der Waals surface area contributed by atoms with E-state index >= 15 is 0 Å². The van der Waals surface area contributed by atoms with Crippen molar-refractivity contribution in [3.63, 3.8) is 0 Å². The summed E-state index contributed by atoms with van der Waals surface area (Å²) in [6.45, 7) is 9.17. The van der Waals surface area contributed by atoms with Crippen LogP contribution >= 0.6 is 0 Å². The number of hydrogen-bond donors (Lipinski definition) is 2. The molecule has 3 rings (SSSR count). The molecule has 5 heteroatoms. The zero-order valence-corrected chi connectivity index (χ0v) is 19.5. The lowest BCUT2D eigenvalue weighted by atomic mass is 9.91. The average molecular weight is 437 g/mol. The minimum Gasteiger partial charge on any atom is -0.308 e. The second-order valence-electron chi connectivity index (χ2n) is 9.15. The van der Waals surface area contributed by atoms with Gasteiger partial charge in [-0.2, -0.15) is 0 Å². The van der Waals surface area contributed by atoms with Crippen molar-refractivity contribution < 1.29 is 8.42 Å².